The van der Waals surface area contributed by atoms with E-state index in [4.69, 9.17) is 27.4 Å². The van der Waals surface area contributed by atoms with Gasteiger partial charge in [0.2, 0.25) is 11.9 Å². The van der Waals surface area contributed by atoms with Crippen LogP contribution in [0.25, 0.3) is 10.9 Å². The van der Waals surface area contributed by atoms with Crippen LogP contribution in [0.3, 0.4) is 0 Å². The van der Waals surface area contributed by atoms with Gasteiger partial charge >= 0.3 is 0 Å². The van der Waals surface area contributed by atoms with Gasteiger partial charge in [0.05, 0.1) is 14.2 Å². The Labute approximate surface area is 174 Å². The van der Waals surface area contributed by atoms with Crippen LogP contribution in [-0.4, -0.2) is 67.2 Å². The van der Waals surface area contributed by atoms with E-state index < -0.39 is 5.82 Å². The monoisotopic (exact) mass is 416 g/mol. The minimum Gasteiger partial charge on any atom is -0.493 e. The van der Waals surface area contributed by atoms with Gasteiger partial charge in [0.15, 0.2) is 17.3 Å². The summed E-state index contributed by atoms with van der Waals surface area (Å²) in [4.78, 5) is 24.6. The van der Waals surface area contributed by atoms with Gasteiger partial charge in [-0.15, -0.1) is 12.3 Å². The molecule has 160 valence electrons. The summed E-state index contributed by atoms with van der Waals surface area (Å²) in [5.41, 5.74) is 12.0. The van der Waals surface area contributed by atoms with E-state index in [2.05, 4.69) is 15.9 Å². The van der Waals surface area contributed by atoms with Gasteiger partial charge in [-0.1, -0.05) is 0 Å². The van der Waals surface area contributed by atoms with Gasteiger partial charge in [-0.2, -0.15) is 4.98 Å². The minimum absolute atomic E-state index is 0.0424. The smallest absolute Gasteiger partial charge is 0.228 e. The van der Waals surface area contributed by atoms with Crippen molar-refractivity contribution in [2.45, 2.75) is 18.9 Å². The molecule has 30 heavy (non-hydrogen) atoms. The van der Waals surface area contributed by atoms with E-state index in [1.165, 1.54) is 14.2 Å². The number of benzene rings is 1. The van der Waals surface area contributed by atoms with Crippen molar-refractivity contribution in [2.75, 3.05) is 51.0 Å². The minimum atomic E-state index is -0.668. The molecule has 1 amide bonds. The molecule has 9 nitrogen and oxygen atoms in total. The van der Waals surface area contributed by atoms with E-state index in [0.29, 0.717) is 43.9 Å². The normalized spacial score (nSPS) is 15.0. The molecule has 3 rings (SSSR count). The van der Waals surface area contributed by atoms with Crippen molar-refractivity contribution in [2.24, 2.45) is 5.73 Å². The number of fused-ring (bicyclic) bond motifs is 1. The number of aromatic nitrogens is 2. The molecule has 1 saturated heterocycles. The fourth-order valence-electron chi connectivity index (χ4n) is 3.41. The molecule has 2 heterocycles. The van der Waals surface area contributed by atoms with Gasteiger partial charge in [0.25, 0.3) is 0 Å². The summed E-state index contributed by atoms with van der Waals surface area (Å²) in [7, 11) is 2.76. The summed E-state index contributed by atoms with van der Waals surface area (Å²) < 4.78 is 25.2. The van der Waals surface area contributed by atoms with Crippen LogP contribution < -0.4 is 25.8 Å². The number of methoxy groups -OCH3 is 2. The lowest BCUT2D eigenvalue weighted by Gasteiger charge is -2.35. The zero-order chi connectivity index (χ0) is 21.8. The van der Waals surface area contributed by atoms with Crippen LogP contribution in [0.2, 0.25) is 0 Å². The SMILES string of the molecule is C#CCC(N)CC(=O)N1CCN(c2nc(N)c3cc(OC)c(OC)c(F)c3n2)CC1. The van der Waals surface area contributed by atoms with Gasteiger partial charge in [-0.05, 0) is 6.07 Å². The summed E-state index contributed by atoms with van der Waals surface area (Å²) in [5.74, 6) is 2.34. The van der Waals surface area contributed by atoms with E-state index in [0.717, 1.165) is 0 Å². The average Bonchev–Trinajstić information content (AvgIpc) is 2.74. The Morgan fingerprint density at radius 3 is 2.60 bits per heavy atom. The number of terminal acetylenes is 1. The van der Waals surface area contributed by atoms with Crippen molar-refractivity contribution < 1.29 is 18.7 Å². The Balaban J connectivity index is 1.79. The average molecular weight is 416 g/mol. The van der Waals surface area contributed by atoms with Crippen LogP contribution >= 0.6 is 0 Å². The van der Waals surface area contributed by atoms with Gasteiger partial charge < -0.3 is 30.7 Å². The lowest BCUT2D eigenvalue weighted by molar-refractivity contribution is -0.131. The van der Waals surface area contributed by atoms with Crippen molar-refractivity contribution in [3.63, 3.8) is 0 Å². The third kappa shape index (κ3) is 4.16. The fourth-order valence-corrected chi connectivity index (χ4v) is 3.41. The van der Waals surface area contributed by atoms with E-state index in [-0.39, 0.29) is 41.2 Å². The molecule has 1 aromatic heterocycles. The molecule has 0 bridgehead atoms. The highest BCUT2D eigenvalue weighted by molar-refractivity contribution is 5.92. The molecule has 10 heteroatoms. The number of rotatable bonds is 6. The predicted octanol–water partition coefficient (Wildman–Crippen LogP) is 0.758. The first-order chi connectivity index (χ1) is 14.4. The number of carbonyl (C=O) groups excluding carboxylic acids is 1. The first-order valence-corrected chi connectivity index (χ1v) is 9.49. The molecule has 0 saturated carbocycles. The highest BCUT2D eigenvalue weighted by Crippen LogP contribution is 2.37. The summed E-state index contributed by atoms with van der Waals surface area (Å²) in [6, 6.07) is 1.20. The Kier molecular flexibility index (Phi) is 6.42. The summed E-state index contributed by atoms with van der Waals surface area (Å²) in [6.07, 6.45) is 5.80. The predicted molar refractivity (Wildman–Crippen MR) is 112 cm³/mol. The zero-order valence-electron chi connectivity index (χ0n) is 17.0. The van der Waals surface area contributed by atoms with E-state index in [9.17, 15) is 9.18 Å². The lowest BCUT2D eigenvalue weighted by Crippen LogP contribution is -2.50. The molecular formula is C20H25FN6O3. The van der Waals surface area contributed by atoms with E-state index >= 15 is 0 Å². The summed E-state index contributed by atoms with van der Waals surface area (Å²) in [6.45, 7) is 1.90. The van der Waals surface area contributed by atoms with Crippen molar-refractivity contribution in [3.05, 3.63) is 11.9 Å². The molecule has 0 radical (unpaired) electrons. The molecule has 1 atom stereocenters. The summed E-state index contributed by atoms with van der Waals surface area (Å²) >= 11 is 0. The molecular weight excluding hydrogens is 391 g/mol. The first-order valence-electron chi connectivity index (χ1n) is 9.49. The molecule has 2 aromatic rings. The zero-order valence-corrected chi connectivity index (χ0v) is 17.0. The topological polar surface area (TPSA) is 120 Å². The van der Waals surface area contributed by atoms with Crippen LogP contribution in [0, 0.1) is 18.2 Å². The van der Waals surface area contributed by atoms with Crippen LogP contribution in [0.4, 0.5) is 16.2 Å². The molecule has 1 fully saturated rings. The number of nitrogen functional groups attached to an aromatic ring is 1. The largest absolute Gasteiger partial charge is 0.493 e. The molecule has 1 unspecified atom stereocenters. The maximum Gasteiger partial charge on any atom is 0.228 e. The third-order valence-corrected chi connectivity index (χ3v) is 5.03. The van der Waals surface area contributed by atoms with E-state index in [1.807, 2.05) is 4.90 Å². The second kappa shape index (κ2) is 9.00. The number of amides is 1. The first kappa shape index (κ1) is 21.4. The number of carbonyl (C=O) groups is 1. The maximum absolute atomic E-state index is 14.9. The second-order valence-corrected chi connectivity index (χ2v) is 6.97. The fraction of sp³-hybridized carbons (Fsp3) is 0.450. The Bertz CT molecular complexity index is 985. The Hall–Kier alpha value is -3.32. The maximum atomic E-state index is 14.9. The number of hydrogen-bond acceptors (Lipinski definition) is 8. The van der Waals surface area contributed by atoms with Crippen LogP contribution in [0.5, 0.6) is 11.5 Å². The number of halogens is 1. The highest BCUT2D eigenvalue weighted by Gasteiger charge is 2.25. The van der Waals surface area contributed by atoms with Crippen molar-refractivity contribution >= 4 is 28.6 Å². The van der Waals surface area contributed by atoms with Gasteiger partial charge in [-0.3, -0.25) is 4.79 Å². The van der Waals surface area contributed by atoms with Crippen LogP contribution in [0.15, 0.2) is 6.07 Å². The summed E-state index contributed by atoms with van der Waals surface area (Å²) in [5, 5.41) is 0.338. The lowest BCUT2D eigenvalue weighted by atomic mass is 10.1. The molecule has 1 aromatic carbocycles. The molecule has 0 aliphatic carbocycles. The number of anilines is 2. The van der Waals surface area contributed by atoms with Crippen LogP contribution in [0.1, 0.15) is 12.8 Å². The molecule has 4 N–H and O–H groups in total. The third-order valence-electron chi connectivity index (χ3n) is 5.03. The quantitative estimate of drug-likeness (QED) is 0.663. The van der Waals surface area contributed by atoms with Crippen molar-refractivity contribution in [1.29, 1.82) is 0 Å². The number of piperazine rings is 1. The Morgan fingerprint density at radius 1 is 1.30 bits per heavy atom. The van der Waals surface area contributed by atoms with Crippen LogP contribution in [-0.2, 0) is 4.79 Å². The standard InChI is InChI=1S/C20H25FN6O3/c1-4-5-12(22)10-15(28)26-6-8-27(9-7-26)20-24-17-13(19(23)25-20)11-14(29-2)18(30-3)16(17)21/h1,11-12H,5-10,22H2,2-3H3,(H2,23,24,25). The van der Waals surface area contributed by atoms with E-state index in [1.54, 1.807) is 11.0 Å². The van der Waals surface area contributed by atoms with Crippen molar-refractivity contribution in [1.82, 2.24) is 14.9 Å². The second-order valence-electron chi connectivity index (χ2n) is 6.97. The number of nitrogens with two attached hydrogens (primary N) is 2. The Morgan fingerprint density at radius 2 is 2.00 bits per heavy atom. The molecule has 1 aliphatic heterocycles. The number of nitrogens with zero attached hydrogens (tertiary/aromatic N) is 4. The number of hydrogen-bond donors (Lipinski definition) is 2. The van der Waals surface area contributed by atoms with Crippen molar-refractivity contribution in [3.8, 4) is 23.8 Å². The molecule has 0 spiro atoms. The number of ether oxygens (including phenoxy) is 2. The van der Waals surface area contributed by atoms with Gasteiger partial charge in [0.1, 0.15) is 11.3 Å². The van der Waals surface area contributed by atoms with Gasteiger partial charge in [-0.25, -0.2) is 9.37 Å². The highest BCUT2D eigenvalue weighted by atomic mass is 19.1. The molecule has 1 aliphatic rings. The van der Waals surface area contributed by atoms with Gasteiger partial charge in [0, 0.05) is 50.4 Å².